The quantitative estimate of drug-likeness (QED) is 0.0479. The van der Waals surface area contributed by atoms with Gasteiger partial charge in [-0.25, -0.2) is 26.4 Å². The van der Waals surface area contributed by atoms with E-state index in [0.29, 0.717) is 17.0 Å². The summed E-state index contributed by atoms with van der Waals surface area (Å²) in [5.41, 5.74) is 3.61. The summed E-state index contributed by atoms with van der Waals surface area (Å²) in [4.78, 5) is 26.4. The van der Waals surface area contributed by atoms with E-state index in [-0.39, 0.29) is 48.3 Å². The average molecular weight is 875 g/mol. The molecule has 0 atom stereocenters. The molecule has 13 heteroatoms. The summed E-state index contributed by atoms with van der Waals surface area (Å²) < 4.78 is 74.7. The highest BCUT2D eigenvalue weighted by Gasteiger charge is 2.21. The number of benzene rings is 7. The van der Waals surface area contributed by atoms with Crippen molar-refractivity contribution in [2.75, 3.05) is 0 Å². The standard InChI is InChI=1S/C50H38N2O9S2/c1-35-16-25-41(26-17-35)62(55,56)44-31-22-39(23-32-44)60-47-33-24-40(34-48(47)61-49(53)15-9-6-12-36-10-4-3-5-11-36)59-38-20-29-43(30-21-38)63(57,58)42-27-18-37(19-28-42)52-46-14-8-7-13-45(46)51(2)50(52)54/h3-34H,1-2H3/b12-6+,15-9+. The zero-order chi connectivity index (χ0) is 44.1. The molecule has 1 aromatic heterocycles. The van der Waals surface area contributed by atoms with Crippen molar-refractivity contribution in [1.29, 1.82) is 0 Å². The molecule has 0 aliphatic rings. The number of nitrogens with zero attached hydrogens (tertiary/aromatic N) is 2. The van der Waals surface area contributed by atoms with Gasteiger partial charge < -0.3 is 14.2 Å². The first-order valence-electron chi connectivity index (χ1n) is 19.5. The van der Waals surface area contributed by atoms with E-state index in [1.54, 1.807) is 61.7 Å². The fourth-order valence-electron chi connectivity index (χ4n) is 6.67. The average Bonchev–Trinajstić information content (AvgIpc) is 3.55. The number of hydrogen-bond acceptors (Lipinski definition) is 9. The number of imidazole rings is 1. The number of ether oxygens (including phenoxy) is 3. The van der Waals surface area contributed by atoms with Crippen LogP contribution < -0.4 is 19.9 Å². The van der Waals surface area contributed by atoms with Crippen molar-refractivity contribution in [3.63, 3.8) is 0 Å². The smallest absolute Gasteiger partial charge is 0.336 e. The van der Waals surface area contributed by atoms with Gasteiger partial charge in [0.25, 0.3) is 0 Å². The maximum atomic E-state index is 13.7. The van der Waals surface area contributed by atoms with Gasteiger partial charge in [0.2, 0.25) is 19.7 Å². The van der Waals surface area contributed by atoms with Crippen LogP contribution in [0.1, 0.15) is 11.1 Å². The number of hydrogen-bond donors (Lipinski definition) is 0. The van der Waals surface area contributed by atoms with E-state index in [2.05, 4.69) is 0 Å². The predicted octanol–water partition coefficient (Wildman–Crippen LogP) is 10.1. The zero-order valence-electron chi connectivity index (χ0n) is 33.9. The highest BCUT2D eigenvalue weighted by molar-refractivity contribution is 7.91. The Labute approximate surface area is 363 Å². The molecule has 0 N–H and O–H groups in total. The van der Waals surface area contributed by atoms with Crippen LogP contribution in [0, 0.1) is 6.92 Å². The molecule has 63 heavy (non-hydrogen) atoms. The lowest BCUT2D eigenvalue weighted by atomic mass is 10.2. The second kappa shape index (κ2) is 17.7. The number of allylic oxidation sites excluding steroid dienone is 2. The molecule has 0 amide bonds. The van der Waals surface area contributed by atoms with E-state index in [1.165, 1.54) is 88.0 Å². The number of esters is 1. The predicted molar refractivity (Wildman–Crippen MR) is 240 cm³/mol. The minimum Gasteiger partial charge on any atom is -0.457 e. The lowest BCUT2D eigenvalue weighted by Gasteiger charge is -2.14. The first kappa shape index (κ1) is 42.0. The van der Waals surface area contributed by atoms with E-state index < -0.39 is 25.6 Å². The summed E-state index contributed by atoms with van der Waals surface area (Å²) in [6, 6.07) is 45.9. The Morgan fingerprint density at radius 1 is 0.540 bits per heavy atom. The van der Waals surface area contributed by atoms with Gasteiger partial charge in [0.15, 0.2) is 11.5 Å². The molecule has 8 aromatic rings. The molecule has 0 aliphatic carbocycles. The van der Waals surface area contributed by atoms with Crippen LogP contribution in [0.25, 0.3) is 22.8 Å². The van der Waals surface area contributed by atoms with Crippen LogP contribution in [-0.2, 0) is 31.5 Å². The van der Waals surface area contributed by atoms with Crippen LogP contribution in [0.5, 0.6) is 28.7 Å². The molecule has 0 aliphatic heterocycles. The van der Waals surface area contributed by atoms with Gasteiger partial charge >= 0.3 is 11.7 Å². The maximum absolute atomic E-state index is 13.7. The Kier molecular flexibility index (Phi) is 11.8. The third kappa shape index (κ3) is 9.15. The number of carbonyl (C=O) groups is 1. The third-order valence-electron chi connectivity index (χ3n) is 9.99. The van der Waals surface area contributed by atoms with Crippen molar-refractivity contribution in [3.05, 3.63) is 210 Å². The number of fused-ring (bicyclic) bond motifs is 1. The second-order valence-corrected chi connectivity index (χ2v) is 18.2. The van der Waals surface area contributed by atoms with Crippen LogP contribution in [0.3, 0.4) is 0 Å². The van der Waals surface area contributed by atoms with E-state index in [0.717, 1.165) is 16.6 Å². The molecule has 0 spiro atoms. The van der Waals surface area contributed by atoms with Gasteiger partial charge in [0.05, 0.1) is 36.3 Å². The maximum Gasteiger partial charge on any atom is 0.336 e. The summed E-state index contributed by atoms with van der Waals surface area (Å²) in [5.74, 6) is 0.240. The van der Waals surface area contributed by atoms with Gasteiger partial charge in [0.1, 0.15) is 17.2 Å². The van der Waals surface area contributed by atoms with E-state index in [1.807, 2.05) is 67.6 Å². The number of aryl methyl sites for hydroxylation is 2. The Balaban J connectivity index is 1.01. The van der Waals surface area contributed by atoms with Crippen molar-refractivity contribution < 1.29 is 35.8 Å². The van der Waals surface area contributed by atoms with Gasteiger partial charge in [0, 0.05) is 19.2 Å². The lowest BCUT2D eigenvalue weighted by Crippen LogP contribution is -2.20. The summed E-state index contributed by atoms with van der Waals surface area (Å²) in [6.45, 7) is 1.88. The van der Waals surface area contributed by atoms with Gasteiger partial charge in [-0.05, 0) is 122 Å². The molecule has 8 rings (SSSR count). The number of sulfone groups is 2. The highest BCUT2D eigenvalue weighted by atomic mass is 32.2. The van der Waals surface area contributed by atoms with Crippen molar-refractivity contribution in [1.82, 2.24) is 9.13 Å². The van der Waals surface area contributed by atoms with Crippen LogP contribution >= 0.6 is 0 Å². The van der Waals surface area contributed by atoms with Gasteiger partial charge in [-0.2, -0.15) is 0 Å². The van der Waals surface area contributed by atoms with Crippen LogP contribution in [0.2, 0.25) is 0 Å². The topological polar surface area (TPSA) is 140 Å². The Bertz CT molecular complexity index is 3300. The van der Waals surface area contributed by atoms with Crippen LogP contribution in [0.15, 0.2) is 212 Å². The van der Waals surface area contributed by atoms with Crippen LogP contribution in [0.4, 0.5) is 0 Å². The molecular formula is C50H38N2O9S2. The molecule has 314 valence electrons. The van der Waals surface area contributed by atoms with E-state index in [4.69, 9.17) is 14.2 Å². The molecule has 0 fully saturated rings. The Morgan fingerprint density at radius 2 is 1.05 bits per heavy atom. The molecule has 0 unspecified atom stereocenters. The second-order valence-electron chi connectivity index (χ2n) is 14.3. The number of carbonyl (C=O) groups excluding carboxylic acids is 1. The number of aromatic nitrogens is 2. The molecule has 7 aromatic carbocycles. The summed E-state index contributed by atoms with van der Waals surface area (Å²) in [6.07, 6.45) is 6.32. The SMILES string of the molecule is Cc1ccc(S(=O)(=O)c2ccc(Oc3ccc(Oc4ccc(S(=O)(=O)c5ccc(-n6c(=O)n(C)c7ccccc76)cc5)cc4)cc3OC(=O)/C=C/C=C/c3ccccc3)cc2)cc1. The summed E-state index contributed by atoms with van der Waals surface area (Å²) in [5, 5.41) is 0. The molecule has 0 saturated carbocycles. The largest absolute Gasteiger partial charge is 0.457 e. The van der Waals surface area contributed by atoms with Gasteiger partial charge in [-0.15, -0.1) is 0 Å². The highest BCUT2D eigenvalue weighted by Crippen LogP contribution is 2.37. The summed E-state index contributed by atoms with van der Waals surface area (Å²) >= 11 is 0. The molecule has 1 heterocycles. The first-order valence-corrected chi connectivity index (χ1v) is 22.5. The monoisotopic (exact) mass is 874 g/mol. The van der Waals surface area contributed by atoms with Crippen molar-refractivity contribution in [2.45, 2.75) is 26.5 Å². The fraction of sp³-hybridized carbons (Fsp3) is 0.0400. The fourth-order valence-corrected chi connectivity index (χ4v) is 9.19. The number of rotatable bonds is 13. The molecule has 0 radical (unpaired) electrons. The number of para-hydroxylation sites is 2. The Hall–Kier alpha value is -7.74. The molecular weight excluding hydrogens is 837 g/mol. The van der Waals surface area contributed by atoms with Crippen molar-refractivity contribution in [2.24, 2.45) is 7.05 Å². The van der Waals surface area contributed by atoms with Crippen molar-refractivity contribution >= 4 is 42.8 Å². The minimum absolute atomic E-state index is 0.000972. The van der Waals surface area contributed by atoms with E-state index >= 15 is 0 Å². The Morgan fingerprint density at radius 3 is 1.65 bits per heavy atom. The zero-order valence-corrected chi connectivity index (χ0v) is 35.5. The first-order chi connectivity index (χ1) is 30.4. The minimum atomic E-state index is -3.95. The molecule has 0 saturated heterocycles. The van der Waals surface area contributed by atoms with E-state index in [9.17, 15) is 26.4 Å². The normalized spacial score (nSPS) is 11.9. The molecule has 11 nitrogen and oxygen atoms in total. The molecule has 0 bridgehead atoms. The summed E-state index contributed by atoms with van der Waals surface area (Å²) in [7, 11) is -6.04. The van der Waals surface area contributed by atoms with Crippen LogP contribution in [-0.4, -0.2) is 31.9 Å². The van der Waals surface area contributed by atoms with Gasteiger partial charge in [-0.3, -0.25) is 9.13 Å². The van der Waals surface area contributed by atoms with Gasteiger partial charge in [-0.1, -0.05) is 78.4 Å². The van der Waals surface area contributed by atoms with Crippen molar-refractivity contribution in [3.8, 4) is 34.4 Å². The lowest BCUT2D eigenvalue weighted by molar-refractivity contribution is -0.129. The third-order valence-corrected chi connectivity index (χ3v) is 13.6.